The molecule has 0 spiro atoms. The van der Waals surface area contributed by atoms with Gasteiger partial charge in [-0.05, 0) is 36.1 Å². The first-order valence-electron chi connectivity index (χ1n) is 9.91. The van der Waals surface area contributed by atoms with Crippen molar-refractivity contribution < 1.29 is 27.9 Å². The van der Waals surface area contributed by atoms with E-state index in [1.54, 1.807) is 18.9 Å². The average molecular weight is 433 g/mol. The second-order valence-electron chi connectivity index (χ2n) is 8.28. The van der Waals surface area contributed by atoms with E-state index < -0.39 is 0 Å². The van der Waals surface area contributed by atoms with Gasteiger partial charge in [0.1, 0.15) is 5.75 Å². The molecule has 28 heavy (non-hydrogen) atoms. The van der Waals surface area contributed by atoms with Gasteiger partial charge in [-0.3, -0.25) is 0 Å². The van der Waals surface area contributed by atoms with Crippen LogP contribution in [0.5, 0.6) is 5.75 Å². The first-order valence-corrected chi connectivity index (χ1v) is 16.3. The molecule has 1 aliphatic rings. The normalized spacial score (nSPS) is 14.8. The minimum absolute atomic E-state index is 0.00850. The summed E-state index contributed by atoms with van der Waals surface area (Å²) >= 11 is 0.350. The number of rotatable bonds is 6. The predicted molar refractivity (Wildman–Crippen MR) is 121 cm³/mol. The second-order valence-corrected chi connectivity index (χ2v) is 18.6. The smallest absolute Gasteiger partial charge is 0.126 e. The summed E-state index contributed by atoms with van der Waals surface area (Å²) in [4.78, 5) is 0. The fourth-order valence-corrected chi connectivity index (χ4v) is 8.71. The number of benzene rings is 1. The molecule has 0 unspecified atom stereocenters. The summed E-state index contributed by atoms with van der Waals surface area (Å²) in [5, 5.41) is 0. The van der Waals surface area contributed by atoms with Gasteiger partial charge in [0.05, 0.1) is 19.1 Å². The van der Waals surface area contributed by atoms with Crippen molar-refractivity contribution in [3.8, 4) is 5.75 Å². The molecule has 0 fully saturated rings. The topological polar surface area (TPSA) is 18.5 Å². The third-order valence-corrected chi connectivity index (χ3v) is 10.4. The fourth-order valence-electron chi connectivity index (χ4n) is 2.47. The summed E-state index contributed by atoms with van der Waals surface area (Å²) in [6.07, 6.45) is 9.68. The second kappa shape index (κ2) is 12.3. The van der Waals surface area contributed by atoms with Crippen molar-refractivity contribution in [2.75, 3.05) is 7.11 Å². The third kappa shape index (κ3) is 9.77. The average Bonchev–Trinajstić information content (AvgIpc) is 3.03. The van der Waals surface area contributed by atoms with Gasteiger partial charge < -0.3 is 9.47 Å². The SMILES string of the molecule is CC1=[C]([Ti][SiH](C)C)CC=C1.COC(C)=CC(=COc1ccccc1)C(C)(C)C. The Morgan fingerprint density at radius 1 is 1.14 bits per heavy atom. The number of hydrogen-bond donors (Lipinski definition) is 0. The Balaban J connectivity index is 0.000000330. The molecule has 0 radical (unpaired) electrons. The van der Waals surface area contributed by atoms with E-state index >= 15 is 0 Å². The summed E-state index contributed by atoms with van der Waals surface area (Å²) in [7, 11) is 1.67. The first kappa shape index (κ1) is 24.7. The molecule has 2 rings (SSSR count). The third-order valence-electron chi connectivity index (χ3n) is 4.24. The summed E-state index contributed by atoms with van der Waals surface area (Å²) < 4.78 is 12.7. The van der Waals surface area contributed by atoms with E-state index in [1.807, 2.05) is 47.2 Å². The van der Waals surface area contributed by atoms with Crippen molar-refractivity contribution in [3.05, 3.63) is 75.6 Å². The molecule has 0 atom stereocenters. The number of ether oxygens (including phenoxy) is 2. The zero-order valence-electron chi connectivity index (χ0n) is 18.8. The number of hydrogen-bond acceptors (Lipinski definition) is 2. The van der Waals surface area contributed by atoms with Crippen molar-refractivity contribution in [1.29, 1.82) is 0 Å². The van der Waals surface area contributed by atoms with Gasteiger partial charge in [-0.2, -0.15) is 0 Å². The van der Waals surface area contributed by atoms with Crippen LogP contribution in [0.15, 0.2) is 75.6 Å². The summed E-state index contributed by atoms with van der Waals surface area (Å²) in [5.41, 5.74) is 2.68. The van der Waals surface area contributed by atoms with Crippen LogP contribution in [0.3, 0.4) is 0 Å². The Morgan fingerprint density at radius 2 is 1.79 bits per heavy atom. The van der Waals surface area contributed by atoms with Gasteiger partial charge in [0.25, 0.3) is 0 Å². The van der Waals surface area contributed by atoms with Crippen LogP contribution in [0.1, 0.15) is 41.0 Å². The molecule has 0 heterocycles. The Labute approximate surface area is 182 Å². The number of methoxy groups -OCH3 is 1. The van der Waals surface area contributed by atoms with Crippen LogP contribution >= 0.6 is 0 Å². The zero-order chi connectivity index (χ0) is 21.2. The molecule has 0 N–H and O–H groups in total. The molecule has 0 aromatic heterocycles. The van der Waals surface area contributed by atoms with Crippen LogP contribution in [0, 0.1) is 5.41 Å². The Kier molecular flexibility index (Phi) is 10.9. The molecule has 2 nitrogen and oxygen atoms in total. The van der Waals surface area contributed by atoms with Gasteiger partial charge in [0.2, 0.25) is 0 Å². The molecular formula is C24H36O2SiTi. The maximum Gasteiger partial charge on any atom is 0.126 e. The molecule has 0 aliphatic heterocycles. The van der Waals surface area contributed by atoms with E-state index in [1.165, 1.54) is 6.42 Å². The van der Waals surface area contributed by atoms with Crippen molar-refractivity contribution in [1.82, 2.24) is 0 Å². The van der Waals surface area contributed by atoms with Crippen LogP contribution in [-0.2, 0) is 23.1 Å². The van der Waals surface area contributed by atoms with Gasteiger partial charge in [-0.1, -0.05) is 39.0 Å². The van der Waals surface area contributed by atoms with Crippen LogP contribution in [0.25, 0.3) is 0 Å². The van der Waals surface area contributed by atoms with Crippen LogP contribution in [0.2, 0.25) is 13.1 Å². The monoisotopic (exact) mass is 432 g/mol. The van der Waals surface area contributed by atoms with E-state index in [0.29, 0.717) is 18.4 Å². The number of para-hydroxylation sites is 1. The van der Waals surface area contributed by atoms with Crippen molar-refractivity contribution in [3.63, 3.8) is 0 Å². The molecule has 152 valence electrons. The van der Waals surface area contributed by atoms with E-state index in [2.05, 4.69) is 52.9 Å². The van der Waals surface area contributed by atoms with Crippen molar-refractivity contribution >= 4 is 6.66 Å². The minimum atomic E-state index is -0.235. The Hall–Kier alpha value is -1.29. The predicted octanol–water partition coefficient (Wildman–Crippen LogP) is 6.83. The van der Waals surface area contributed by atoms with Gasteiger partial charge in [0, 0.05) is 0 Å². The Morgan fingerprint density at radius 3 is 2.25 bits per heavy atom. The summed E-state index contributed by atoms with van der Waals surface area (Å²) in [6.45, 7) is 15.3. The van der Waals surface area contributed by atoms with Crippen LogP contribution in [-0.4, -0.2) is 13.8 Å². The molecule has 0 saturated carbocycles. The van der Waals surface area contributed by atoms with Gasteiger partial charge in [-0.25, -0.2) is 0 Å². The van der Waals surface area contributed by atoms with Gasteiger partial charge in [0.15, 0.2) is 0 Å². The quantitative estimate of drug-likeness (QED) is 0.279. The van der Waals surface area contributed by atoms with E-state index in [4.69, 9.17) is 9.47 Å². The maximum absolute atomic E-state index is 5.68. The Bertz CT molecular complexity index is 723. The molecule has 1 aromatic carbocycles. The molecule has 4 heteroatoms. The maximum atomic E-state index is 5.68. The zero-order valence-corrected chi connectivity index (χ0v) is 21.5. The fraction of sp³-hybridized carbons (Fsp3) is 0.417. The molecule has 1 aliphatic carbocycles. The van der Waals surface area contributed by atoms with E-state index in [9.17, 15) is 0 Å². The van der Waals surface area contributed by atoms with Crippen LogP contribution < -0.4 is 4.74 Å². The first-order chi connectivity index (χ1) is 13.1. The molecular weight excluding hydrogens is 396 g/mol. The standard InChI is InChI=1S/C16H22O2.C6H7.C2H7Si.Ti/c1-13(17-5)11-14(16(2,3)4)12-18-15-9-7-6-8-10-15;1-6-4-2-3-5-6;1-3-2;/h6-12H,1-5H3;2,4H,3H2,1H3;3H,1-2H3;. The number of allylic oxidation sites excluding steroid dienone is 7. The van der Waals surface area contributed by atoms with Gasteiger partial charge >= 0.3 is 73.1 Å². The van der Waals surface area contributed by atoms with Crippen LogP contribution in [0.4, 0.5) is 0 Å². The largest absolute Gasteiger partial charge is 0.501 e. The summed E-state index contributed by atoms with van der Waals surface area (Å²) in [5.74, 6) is 1.70. The molecule has 1 aromatic rings. The van der Waals surface area contributed by atoms with E-state index in [-0.39, 0.29) is 12.1 Å². The minimum Gasteiger partial charge on any atom is -0.501 e. The molecule has 0 saturated heterocycles. The van der Waals surface area contributed by atoms with Crippen molar-refractivity contribution in [2.24, 2.45) is 5.41 Å². The molecule has 0 amide bonds. The van der Waals surface area contributed by atoms with E-state index in [0.717, 1.165) is 17.1 Å². The summed E-state index contributed by atoms with van der Waals surface area (Å²) in [6, 6.07) is 9.75. The van der Waals surface area contributed by atoms with Crippen molar-refractivity contribution in [2.45, 2.75) is 54.1 Å². The molecule has 0 bridgehead atoms. The van der Waals surface area contributed by atoms with Gasteiger partial charge in [-0.15, -0.1) is 0 Å².